The van der Waals surface area contributed by atoms with Crippen LogP contribution in [0.15, 0.2) is 36.4 Å². The molecule has 0 aliphatic rings. The zero-order valence-corrected chi connectivity index (χ0v) is 10.2. The Morgan fingerprint density at radius 2 is 2.00 bits per heavy atom. The van der Waals surface area contributed by atoms with Gasteiger partial charge in [-0.3, -0.25) is 0 Å². The lowest BCUT2D eigenvalue weighted by molar-refractivity contribution is -0.548. The van der Waals surface area contributed by atoms with Crippen molar-refractivity contribution in [3.8, 4) is 5.75 Å². The molecule has 18 heavy (non-hydrogen) atoms. The van der Waals surface area contributed by atoms with Gasteiger partial charge in [-0.1, -0.05) is 12.1 Å². The van der Waals surface area contributed by atoms with Gasteiger partial charge in [-0.25, -0.2) is 4.98 Å². The van der Waals surface area contributed by atoms with Crippen LogP contribution in [0.25, 0.3) is 22.1 Å². The predicted octanol–water partition coefficient (Wildman–Crippen LogP) is 2.34. The van der Waals surface area contributed by atoms with E-state index >= 15 is 0 Å². The zero-order chi connectivity index (χ0) is 12.7. The molecule has 0 unspecified atom stereocenters. The van der Waals surface area contributed by atoms with Gasteiger partial charge in [0.15, 0.2) is 11.3 Å². The molecule has 4 heteroatoms. The van der Waals surface area contributed by atoms with E-state index in [0.29, 0.717) is 27.8 Å². The normalized spacial score (nSPS) is 11.0. The molecule has 0 saturated heterocycles. The van der Waals surface area contributed by atoms with Crippen molar-refractivity contribution in [3.63, 3.8) is 0 Å². The summed E-state index contributed by atoms with van der Waals surface area (Å²) in [7, 11) is 1.57. The van der Waals surface area contributed by atoms with E-state index in [2.05, 4.69) is 4.98 Å². The first-order valence-corrected chi connectivity index (χ1v) is 5.67. The number of hydrogen-bond donors (Lipinski definition) is 0. The fraction of sp³-hybridized carbons (Fsp3) is 0.143. The molecule has 3 aromatic rings. The third kappa shape index (κ3) is 1.46. The standard InChI is InChI=1S/C14H12N2O2/c1-9-6-7-10-12(8-9)16(17)11-4-3-5-13(18-2)14(11)15-10/h3-8H,1-2H3. The van der Waals surface area contributed by atoms with E-state index in [1.807, 2.05) is 25.1 Å². The number of methoxy groups -OCH3 is 1. The van der Waals surface area contributed by atoms with Crippen LogP contribution >= 0.6 is 0 Å². The fourth-order valence-electron chi connectivity index (χ4n) is 2.09. The summed E-state index contributed by atoms with van der Waals surface area (Å²) in [6.07, 6.45) is 0. The highest BCUT2D eigenvalue weighted by atomic mass is 16.5. The molecule has 0 atom stereocenters. The van der Waals surface area contributed by atoms with Crippen molar-refractivity contribution in [1.29, 1.82) is 0 Å². The zero-order valence-electron chi connectivity index (χ0n) is 10.2. The first-order valence-electron chi connectivity index (χ1n) is 5.67. The molecule has 0 N–H and O–H groups in total. The maximum atomic E-state index is 12.3. The van der Waals surface area contributed by atoms with Crippen LogP contribution in [0.4, 0.5) is 0 Å². The molecule has 0 spiro atoms. The van der Waals surface area contributed by atoms with Crippen LogP contribution in [0, 0.1) is 12.1 Å². The summed E-state index contributed by atoms with van der Waals surface area (Å²) in [4.78, 5) is 4.50. The van der Waals surface area contributed by atoms with Gasteiger partial charge in [-0.05, 0) is 24.6 Å². The Morgan fingerprint density at radius 1 is 1.17 bits per heavy atom. The number of aromatic nitrogens is 2. The number of aryl methyl sites for hydroxylation is 1. The van der Waals surface area contributed by atoms with Crippen LogP contribution in [-0.4, -0.2) is 12.1 Å². The minimum atomic E-state index is 0.521. The Kier molecular flexibility index (Phi) is 2.30. The largest absolute Gasteiger partial charge is 0.618 e. The summed E-state index contributed by atoms with van der Waals surface area (Å²) in [5.41, 5.74) is 3.40. The minimum absolute atomic E-state index is 0.521. The van der Waals surface area contributed by atoms with Crippen molar-refractivity contribution in [1.82, 2.24) is 4.98 Å². The molecular weight excluding hydrogens is 228 g/mol. The van der Waals surface area contributed by atoms with Gasteiger partial charge >= 0.3 is 0 Å². The molecule has 0 aliphatic heterocycles. The Morgan fingerprint density at radius 3 is 2.78 bits per heavy atom. The smallest absolute Gasteiger partial charge is 0.246 e. The first kappa shape index (κ1) is 10.8. The Balaban J connectivity index is 2.52. The molecule has 2 aromatic carbocycles. The molecule has 3 rings (SSSR count). The Labute approximate surface area is 104 Å². The summed E-state index contributed by atoms with van der Waals surface area (Å²) in [6.45, 7) is 1.95. The van der Waals surface area contributed by atoms with Gasteiger partial charge in [-0.2, -0.15) is 4.73 Å². The molecule has 90 valence electrons. The van der Waals surface area contributed by atoms with Crippen molar-refractivity contribution in [2.24, 2.45) is 0 Å². The van der Waals surface area contributed by atoms with Crippen LogP contribution < -0.4 is 9.47 Å². The topological polar surface area (TPSA) is 49.1 Å². The second kappa shape index (κ2) is 3.84. The second-order valence-electron chi connectivity index (χ2n) is 4.23. The van der Waals surface area contributed by atoms with Gasteiger partial charge in [0.2, 0.25) is 11.0 Å². The van der Waals surface area contributed by atoms with Gasteiger partial charge < -0.3 is 9.94 Å². The maximum Gasteiger partial charge on any atom is 0.246 e. The third-order valence-corrected chi connectivity index (χ3v) is 3.00. The molecule has 0 saturated carbocycles. The lowest BCUT2D eigenvalue weighted by Gasteiger charge is -2.08. The van der Waals surface area contributed by atoms with Crippen LogP contribution in [0.3, 0.4) is 0 Å². The summed E-state index contributed by atoms with van der Waals surface area (Å²) in [5.74, 6) is 0.611. The summed E-state index contributed by atoms with van der Waals surface area (Å²) in [6, 6.07) is 11.0. The van der Waals surface area contributed by atoms with Crippen LogP contribution in [0.2, 0.25) is 0 Å². The lowest BCUT2D eigenvalue weighted by atomic mass is 10.2. The van der Waals surface area contributed by atoms with Gasteiger partial charge in [0.05, 0.1) is 7.11 Å². The maximum absolute atomic E-state index is 12.3. The van der Waals surface area contributed by atoms with E-state index in [-0.39, 0.29) is 0 Å². The molecule has 1 heterocycles. The molecule has 0 amide bonds. The highest BCUT2D eigenvalue weighted by molar-refractivity contribution is 5.85. The highest BCUT2D eigenvalue weighted by Crippen LogP contribution is 2.23. The SMILES string of the molecule is COc1cccc2c1nc1ccc(C)cc1[n+]2[O-]. The number of hydrogen-bond acceptors (Lipinski definition) is 3. The average molecular weight is 240 g/mol. The highest BCUT2D eigenvalue weighted by Gasteiger charge is 2.14. The number of fused-ring (bicyclic) bond motifs is 2. The minimum Gasteiger partial charge on any atom is -0.618 e. The van der Waals surface area contributed by atoms with Crippen LogP contribution in [-0.2, 0) is 0 Å². The van der Waals surface area contributed by atoms with E-state index in [1.54, 1.807) is 25.3 Å². The summed E-state index contributed by atoms with van der Waals surface area (Å²) >= 11 is 0. The van der Waals surface area contributed by atoms with Crippen molar-refractivity contribution in [2.45, 2.75) is 6.92 Å². The van der Waals surface area contributed by atoms with Gasteiger partial charge in [-0.15, -0.1) is 0 Å². The number of nitrogens with zero attached hydrogens (tertiary/aromatic N) is 2. The third-order valence-electron chi connectivity index (χ3n) is 3.00. The quantitative estimate of drug-likeness (QED) is 0.372. The lowest BCUT2D eigenvalue weighted by Crippen LogP contribution is -2.28. The molecule has 1 aromatic heterocycles. The number of rotatable bonds is 1. The van der Waals surface area contributed by atoms with E-state index in [1.165, 1.54) is 0 Å². The predicted molar refractivity (Wildman–Crippen MR) is 69.5 cm³/mol. The average Bonchev–Trinajstić information content (AvgIpc) is 2.39. The number of para-hydroxylation sites is 1. The number of ether oxygens (including phenoxy) is 1. The van der Waals surface area contributed by atoms with E-state index in [4.69, 9.17) is 4.74 Å². The summed E-state index contributed by atoms with van der Waals surface area (Å²) < 4.78 is 6.15. The second-order valence-corrected chi connectivity index (χ2v) is 4.23. The Bertz CT molecular complexity index is 753. The van der Waals surface area contributed by atoms with Gasteiger partial charge in [0, 0.05) is 12.1 Å². The molecule has 0 aliphatic carbocycles. The summed E-state index contributed by atoms with van der Waals surface area (Å²) in [5, 5.41) is 12.3. The first-order chi connectivity index (χ1) is 8.70. The van der Waals surface area contributed by atoms with Crippen molar-refractivity contribution in [3.05, 3.63) is 47.2 Å². The van der Waals surface area contributed by atoms with Crippen LogP contribution in [0.5, 0.6) is 5.75 Å². The van der Waals surface area contributed by atoms with Gasteiger partial charge in [0.1, 0.15) is 5.52 Å². The van der Waals surface area contributed by atoms with E-state index in [9.17, 15) is 5.21 Å². The molecule has 4 nitrogen and oxygen atoms in total. The monoisotopic (exact) mass is 240 g/mol. The van der Waals surface area contributed by atoms with Crippen molar-refractivity contribution >= 4 is 22.1 Å². The van der Waals surface area contributed by atoms with Crippen LogP contribution in [0.1, 0.15) is 5.56 Å². The molecule has 0 radical (unpaired) electrons. The Hall–Kier alpha value is -2.36. The molecule has 0 bridgehead atoms. The molecule has 0 fully saturated rings. The molecular formula is C14H12N2O2. The number of benzene rings is 2. The van der Waals surface area contributed by atoms with E-state index < -0.39 is 0 Å². The van der Waals surface area contributed by atoms with Crippen molar-refractivity contribution < 1.29 is 9.47 Å². The van der Waals surface area contributed by atoms with Gasteiger partial charge in [0.25, 0.3) is 0 Å². The van der Waals surface area contributed by atoms with E-state index in [0.717, 1.165) is 10.3 Å². The van der Waals surface area contributed by atoms with Crippen molar-refractivity contribution in [2.75, 3.05) is 7.11 Å². The fourth-order valence-corrected chi connectivity index (χ4v) is 2.09.